The number of Topliss-reactive ketones (excluding diaryl/α,β-unsaturated/α-hetero) is 1. The largest absolute Gasteiger partial charge is 0.490 e. The lowest BCUT2D eigenvalue weighted by molar-refractivity contribution is 0.101. The van der Waals surface area contributed by atoms with Crippen molar-refractivity contribution in [1.29, 1.82) is 0 Å². The second-order valence-corrected chi connectivity index (χ2v) is 3.99. The van der Waals surface area contributed by atoms with E-state index in [0.29, 0.717) is 16.9 Å². The monoisotopic (exact) mass is 224 g/mol. The Labute approximate surface area is 95.4 Å². The van der Waals surface area contributed by atoms with Crippen LogP contribution in [0.4, 0.5) is 4.39 Å². The first-order valence-electron chi connectivity index (χ1n) is 5.43. The molecule has 0 aromatic heterocycles. The van der Waals surface area contributed by atoms with Crippen LogP contribution in [-0.2, 0) is 0 Å². The lowest BCUT2D eigenvalue weighted by Gasteiger charge is -2.16. The van der Waals surface area contributed by atoms with Crippen molar-refractivity contribution in [3.63, 3.8) is 0 Å². The van der Waals surface area contributed by atoms with Gasteiger partial charge in [-0.1, -0.05) is 6.92 Å². The Balaban J connectivity index is 3.14. The van der Waals surface area contributed by atoms with Gasteiger partial charge in [-0.3, -0.25) is 4.79 Å². The van der Waals surface area contributed by atoms with E-state index in [-0.39, 0.29) is 17.7 Å². The van der Waals surface area contributed by atoms with Gasteiger partial charge in [0.05, 0.1) is 11.7 Å². The minimum atomic E-state index is -0.373. The van der Waals surface area contributed by atoms with Crippen LogP contribution in [0.15, 0.2) is 12.1 Å². The van der Waals surface area contributed by atoms with E-state index < -0.39 is 0 Å². The van der Waals surface area contributed by atoms with Gasteiger partial charge in [0.15, 0.2) is 5.78 Å². The molecule has 1 aromatic carbocycles. The van der Waals surface area contributed by atoms with Crippen molar-refractivity contribution in [1.82, 2.24) is 0 Å². The SMILES string of the molecule is CCC(C)Oc1cc(C)c(F)cc1C(C)=O. The minimum Gasteiger partial charge on any atom is -0.490 e. The summed E-state index contributed by atoms with van der Waals surface area (Å²) in [5.41, 5.74) is 0.798. The molecule has 0 fully saturated rings. The highest BCUT2D eigenvalue weighted by atomic mass is 19.1. The van der Waals surface area contributed by atoms with Crippen molar-refractivity contribution in [2.75, 3.05) is 0 Å². The molecule has 0 heterocycles. The molecule has 0 saturated heterocycles. The summed E-state index contributed by atoms with van der Waals surface area (Å²) in [6.07, 6.45) is 0.858. The van der Waals surface area contributed by atoms with Gasteiger partial charge in [0.1, 0.15) is 11.6 Å². The van der Waals surface area contributed by atoms with Gasteiger partial charge < -0.3 is 4.74 Å². The summed E-state index contributed by atoms with van der Waals surface area (Å²) >= 11 is 0. The van der Waals surface area contributed by atoms with Gasteiger partial charge in [0.25, 0.3) is 0 Å². The Bertz CT molecular complexity index is 399. The molecule has 1 rings (SSSR count). The number of ketones is 1. The Morgan fingerprint density at radius 3 is 2.62 bits per heavy atom. The van der Waals surface area contributed by atoms with Crippen molar-refractivity contribution in [2.24, 2.45) is 0 Å². The van der Waals surface area contributed by atoms with Crippen molar-refractivity contribution in [2.45, 2.75) is 40.2 Å². The van der Waals surface area contributed by atoms with Crippen LogP contribution in [0.3, 0.4) is 0 Å². The molecule has 16 heavy (non-hydrogen) atoms. The summed E-state index contributed by atoms with van der Waals surface area (Å²) in [6, 6.07) is 2.83. The van der Waals surface area contributed by atoms with Crippen LogP contribution in [0.1, 0.15) is 43.1 Å². The van der Waals surface area contributed by atoms with Gasteiger partial charge >= 0.3 is 0 Å². The summed E-state index contributed by atoms with van der Waals surface area (Å²) in [4.78, 5) is 11.4. The van der Waals surface area contributed by atoms with Crippen molar-refractivity contribution < 1.29 is 13.9 Å². The summed E-state index contributed by atoms with van der Waals surface area (Å²) in [6.45, 7) is 6.98. The first kappa shape index (κ1) is 12.7. The fraction of sp³-hybridized carbons (Fsp3) is 0.462. The standard InChI is InChI=1S/C13H17FO2/c1-5-9(3)16-13-6-8(2)12(14)7-11(13)10(4)15/h6-7,9H,5H2,1-4H3. The van der Waals surface area contributed by atoms with E-state index in [1.165, 1.54) is 13.0 Å². The topological polar surface area (TPSA) is 26.3 Å². The first-order chi connectivity index (χ1) is 7.45. The smallest absolute Gasteiger partial charge is 0.163 e. The maximum absolute atomic E-state index is 13.3. The summed E-state index contributed by atoms with van der Waals surface area (Å²) < 4.78 is 18.9. The molecule has 0 radical (unpaired) electrons. The van der Waals surface area contributed by atoms with E-state index in [4.69, 9.17) is 4.74 Å². The average molecular weight is 224 g/mol. The van der Waals surface area contributed by atoms with E-state index in [0.717, 1.165) is 6.42 Å². The molecule has 0 aliphatic carbocycles. The van der Waals surface area contributed by atoms with E-state index >= 15 is 0 Å². The Kier molecular flexibility index (Phi) is 4.05. The van der Waals surface area contributed by atoms with Gasteiger partial charge in [0.2, 0.25) is 0 Å². The number of hydrogen-bond donors (Lipinski definition) is 0. The number of aryl methyl sites for hydroxylation is 1. The van der Waals surface area contributed by atoms with Gasteiger partial charge in [-0.05, 0) is 44.9 Å². The van der Waals surface area contributed by atoms with E-state index in [2.05, 4.69) is 0 Å². The quantitative estimate of drug-likeness (QED) is 0.731. The molecule has 1 atom stereocenters. The van der Waals surface area contributed by atoms with Crippen molar-refractivity contribution in [3.05, 3.63) is 29.1 Å². The van der Waals surface area contributed by atoms with Crippen LogP contribution in [0.2, 0.25) is 0 Å². The molecule has 88 valence electrons. The third-order valence-corrected chi connectivity index (χ3v) is 2.54. The van der Waals surface area contributed by atoms with E-state index in [1.54, 1.807) is 13.0 Å². The fourth-order valence-corrected chi connectivity index (χ4v) is 1.33. The van der Waals surface area contributed by atoms with Crippen LogP contribution in [0.25, 0.3) is 0 Å². The Morgan fingerprint density at radius 2 is 2.12 bits per heavy atom. The normalized spacial score (nSPS) is 12.3. The van der Waals surface area contributed by atoms with Gasteiger partial charge in [-0.2, -0.15) is 0 Å². The molecule has 0 aliphatic heterocycles. The summed E-state index contributed by atoms with van der Waals surface area (Å²) in [5, 5.41) is 0. The highest BCUT2D eigenvalue weighted by Crippen LogP contribution is 2.24. The first-order valence-corrected chi connectivity index (χ1v) is 5.43. The number of hydrogen-bond acceptors (Lipinski definition) is 2. The minimum absolute atomic E-state index is 0.0166. The number of benzene rings is 1. The zero-order valence-electron chi connectivity index (χ0n) is 10.1. The Hall–Kier alpha value is -1.38. The molecular formula is C13H17FO2. The molecule has 0 aliphatic rings. The highest BCUT2D eigenvalue weighted by Gasteiger charge is 2.14. The second-order valence-electron chi connectivity index (χ2n) is 3.99. The maximum atomic E-state index is 13.3. The lowest BCUT2D eigenvalue weighted by atomic mass is 10.1. The summed E-state index contributed by atoms with van der Waals surface area (Å²) in [7, 11) is 0. The summed E-state index contributed by atoms with van der Waals surface area (Å²) in [5.74, 6) is -0.0837. The van der Waals surface area contributed by atoms with Crippen LogP contribution in [0.5, 0.6) is 5.75 Å². The molecule has 1 aromatic rings. The molecule has 0 saturated carbocycles. The predicted molar refractivity (Wildman–Crippen MR) is 61.5 cm³/mol. The number of ether oxygens (including phenoxy) is 1. The third-order valence-electron chi connectivity index (χ3n) is 2.54. The number of halogens is 1. The molecule has 0 N–H and O–H groups in total. The average Bonchev–Trinajstić information content (AvgIpc) is 2.22. The molecule has 1 unspecified atom stereocenters. The molecule has 3 heteroatoms. The third kappa shape index (κ3) is 2.81. The molecule has 0 spiro atoms. The lowest BCUT2D eigenvalue weighted by Crippen LogP contribution is -2.12. The highest BCUT2D eigenvalue weighted by molar-refractivity contribution is 5.96. The van der Waals surface area contributed by atoms with Crippen molar-refractivity contribution >= 4 is 5.78 Å². The second kappa shape index (κ2) is 5.10. The zero-order chi connectivity index (χ0) is 12.3. The molecule has 0 amide bonds. The molecule has 0 bridgehead atoms. The van der Waals surface area contributed by atoms with Crippen LogP contribution < -0.4 is 4.74 Å². The number of carbonyl (C=O) groups excluding carboxylic acids is 1. The van der Waals surface area contributed by atoms with Crippen LogP contribution in [0, 0.1) is 12.7 Å². The zero-order valence-corrected chi connectivity index (χ0v) is 10.1. The van der Waals surface area contributed by atoms with Gasteiger partial charge in [0, 0.05) is 0 Å². The Morgan fingerprint density at radius 1 is 1.50 bits per heavy atom. The number of rotatable bonds is 4. The molecule has 2 nitrogen and oxygen atoms in total. The van der Waals surface area contributed by atoms with Gasteiger partial charge in [-0.15, -0.1) is 0 Å². The predicted octanol–water partition coefficient (Wildman–Crippen LogP) is 3.51. The van der Waals surface area contributed by atoms with Crippen LogP contribution in [-0.4, -0.2) is 11.9 Å². The number of carbonyl (C=O) groups is 1. The fourth-order valence-electron chi connectivity index (χ4n) is 1.33. The van der Waals surface area contributed by atoms with E-state index in [9.17, 15) is 9.18 Å². The van der Waals surface area contributed by atoms with E-state index in [1.807, 2.05) is 13.8 Å². The molecular weight excluding hydrogens is 207 g/mol. The van der Waals surface area contributed by atoms with Crippen molar-refractivity contribution in [3.8, 4) is 5.75 Å². The maximum Gasteiger partial charge on any atom is 0.163 e. The van der Waals surface area contributed by atoms with Gasteiger partial charge in [-0.25, -0.2) is 4.39 Å². The van der Waals surface area contributed by atoms with Crippen LogP contribution >= 0.6 is 0 Å².